The lowest BCUT2D eigenvalue weighted by Crippen LogP contribution is -2.32. The van der Waals surface area contributed by atoms with Gasteiger partial charge in [-0.15, -0.1) is 11.8 Å². The van der Waals surface area contributed by atoms with Crippen LogP contribution >= 0.6 is 11.8 Å². The molecule has 106 valence electrons. The fourth-order valence-electron chi connectivity index (χ4n) is 1.82. The van der Waals surface area contributed by atoms with Crippen LogP contribution in [0.15, 0.2) is 59.8 Å². The van der Waals surface area contributed by atoms with Gasteiger partial charge < -0.3 is 10.4 Å². The Hall–Kier alpha value is -1.36. The zero-order valence-corrected chi connectivity index (χ0v) is 12.4. The largest absolute Gasteiger partial charge is 0.387 e. The molecular weight excluding hydrogens is 268 g/mol. The Bertz CT molecular complexity index is 492. The molecule has 4 heteroatoms. The number of rotatable bonds is 7. The predicted molar refractivity (Wildman–Crippen MR) is 83.8 cm³/mol. The highest BCUT2D eigenvalue weighted by molar-refractivity contribution is 7.99. The molecule has 1 aromatic carbocycles. The Morgan fingerprint density at radius 1 is 1.15 bits per heavy atom. The summed E-state index contributed by atoms with van der Waals surface area (Å²) in [4.78, 5) is 5.22. The average molecular weight is 288 g/mol. The lowest BCUT2D eigenvalue weighted by atomic mass is 10.1. The molecule has 2 N–H and O–H groups in total. The third-order valence-electron chi connectivity index (χ3n) is 2.99. The number of nitrogens with zero attached hydrogens (tertiary/aromatic N) is 1. The normalized spacial score (nSPS) is 13.9. The van der Waals surface area contributed by atoms with Gasteiger partial charge in [0, 0.05) is 35.6 Å². The minimum absolute atomic E-state index is 0.339. The minimum Gasteiger partial charge on any atom is -0.387 e. The van der Waals surface area contributed by atoms with Gasteiger partial charge in [0.25, 0.3) is 0 Å². The van der Waals surface area contributed by atoms with Gasteiger partial charge in [-0.2, -0.15) is 0 Å². The Morgan fingerprint density at radius 2 is 1.85 bits per heavy atom. The molecule has 0 aliphatic rings. The summed E-state index contributed by atoms with van der Waals surface area (Å²) in [5.74, 6) is 0.964. The topological polar surface area (TPSA) is 45.2 Å². The molecule has 0 saturated carbocycles. The van der Waals surface area contributed by atoms with Gasteiger partial charge in [0.2, 0.25) is 0 Å². The van der Waals surface area contributed by atoms with Gasteiger partial charge in [0.15, 0.2) is 0 Å². The number of hydrogen-bond donors (Lipinski definition) is 2. The zero-order valence-electron chi connectivity index (χ0n) is 11.6. The lowest BCUT2D eigenvalue weighted by Gasteiger charge is -2.17. The van der Waals surface area contributed by atoms with Crippen LogP contribution in [0, 0.1) is 0 Å². The van der Waals surface area contributed by atoms with Crippen molar-refractivity contribution in [3.05, 3.63) is 60.4 Å². The second kappa shape index (κ2) is 8.04. The molecule has 2 aromatic rings. The van der Waals surface area contributed by atoms with Crippen molar-refractivity contribution in [2.24, 2.45) is 0 Å². The molecule has 20 heavy (non-hydrogen) atoms. The summed E-state index contributed by atoms with van der Waals surface area (Å²) in [6.45, 7) is 2.70. The second-order valence-electron chi connectivity index (χ2n) is 4.73. The minimum atomic E-state index is -0.454. The van der Waals surface area contributed by atoms with E-state index in [-0.39, 0.29) is 0 Å². The number of pyridine rings is 1. The highest BCUT2D eigenvalue weighted by Gasteiger charge is 2.09. The van der Waals surface area contributed by atoms with E-state index in [1.54, 1.807) is 24.2 Å². The van der Waals surface area contributed by atoms with E-state index in [4.69, 9.17) is 0 Å². The van der Waals surface area contributed by atoms with Crippen LogP contribution in [0.2, 0.25) is 0 Å². The standard InChI is InChI=1S/C16H20N2OS/c1-13(12-20-15-7-9-17-10-8-15)18-11-16(19)14-5-3-2-4-6-14/h2-10,13,16,18-19H,11-12H2,1H3. The second-order valence-corrected chi connectivity index (χ2v) is 5.82. The van der Waals surface area contributed by atoms with Gasteiger partial charge in [-0.25, -0.2) is 0 Å². The van der Waals surface area contributed by atoms with Gasteiger partial charge in [-0.3, -0.25) is 4.98 Å². The fraction of sp³-hybridized carbons (Fsp3) is 0.312. The smallest absolute Gasteiger partial charge is 0.0914 e. The first kappa shape index (κ1) is 15.0. The van der Waals surface area contributed by atoms with Crippen LogP contribution in [0.1, 0.15) is 18.6 Å². The molecule has 2 rings (SSSR count). The molecule has 2 atom stereocenters. The molecule has 0 bridgehead atoms. The van der Waals surface area contributed by atoms with E-state index in [0.29, 0.717) is 12.6 Å². The van der Waals surface area contributed by atoms with Crippen molar-refractivity contribution < 1.29 is 5.11 Å². The van der Waals surface area contributed by atoms with Crippen LogP contribution in [0.25, 0.3) is 0 Å². The Morgan fingerprint density at radius 3 is 2.55 bits per heavy atom. The van der Waals surface area contributed by atoms with Crippen LogP contribution in [0.5, 0.6) is 0 Å². The molecule has 1 heterocycles. The number of aliphatic hydroxyl groups excluding tert-OH is 1. The van der Waals surface area contributed by atoms with Gasteiger partial charge in [0.1, 0.15) is 0 Å². The number of aromatic nitrogens is 1. The van der Waals surface area contributed by atoms with Crippen LogP contribution in [0.3, 0.4) is 0 Å². The van der Waals surface area contributed by atoms with E-state index in [9.17, 15) is 5.11 Å². The molecule has 0 spiro atoms. The lowest BCUT2D eigenvalue weighted by molar-refractivity contribution is 0.172. The molecule has 0 fully saturated rings. The van der Waals surface area contributed by atoms with Crippen molar-refractivity contribution >= 4 is 11.8 Å². The summed E-state index contributed by atoms with van der Waals surface area (Å²) in [6, 6.07) is 14.1. The SMILES string of the molecule is CC(CSc1ccncc1)NCC(O)c1ccccc1. The van der Waals surface area contributed by atoms with Gasteiger partial charge in [0.05, 0.1) is 6.10 Å². The molecule has 3 nitrogen and oxygen atoms in total. The van der Waals surface area contributed by atoms with Crippen LogP contribution in [0.4, 0.5) is 0 Å². The van der Waals surface area contributed by atoms with E-state index in [1.807, 2.05) is 42.5 Å². The predicted octanol–water partition coefficient (Wildman–Crippen LogP) is 2.89. The number of hydrogen-bond acceptors (Lipinski definition) is 4. The molecule has 2 unspecified atom stereocenters. The molecule has 0 aliphatic carbocycles. The third kappa shape index (κ3) is 4.96. The summed E-state index contributed by atoms with van der Waals surface area (Å²) >= 11 is 1.79. The van der Waals surface area contributed by atoms with Crippen molar-refractivity contribution in [2.75, 3.05) is 12.3 Å². The monoisotopic (exact) mass is 288 g/mol. The summed E-state index contributed by atoms with van der Waals surface area (Å²) in [5.41, 5.74) is 0.953. The van der Waals surface area contributed by atoms with Crippen LogP contribution in [-0.4, -0.2) is 28.4 Å². The molecule has 0 aliphatic heterocycles. The summed E-state index contributed by atoms with van der Waals surface area (Å²) in [6.07, 6.45) is 3.16. The van der Waals surface area contributed by atoms with Crippen LogP contribution < -0.4 is 5.32 Å². The fourth-order valence-corrected chi connectivity index (χ4v) is 2.69. The number of thioether (sulfide) groups is 1. The molecule has 0 amide bonds. The molecule has 0 saturated heterocycles. The zero-order chi connectivity index (χ0) is 14.2. The number of aliphatic hydroxyl groups is 1. The highest BCUT2D eigenvalue weighted by Crippen LogP contribution is 2.17. The quantitative estimate of drug-likeness (QED) is 0.769. The Kier molecular flexibility index (Phi) is 6.05. The summed E-state index contributed by atoms with van der Waals surface area (Å²) in [7, 11) is 0. The van der Waals surface area contributed by atoms with E-state index in [2.05, 4.69) is 17.2 Å². The summed E-state index contributed by atoms with van der Waals surface area (Å²) in [5, 5.41) is 13.4. The van der Waals surface area contributed by atoms with Gasteiger partial charge in [-0.1, -0.05) is 30.3 Å². The van der Waals surface area contributed by atoms with E-state index >= 15 is 0 Å². The van der Waals surface area contributed by atoms with E-state index in [0.717, 1.165) is 11.3 Å². The van der Waals surface area contributed by atoms with Gasteiger partial charge >= 0.3 is 0 Å². The molecule has 0 radical (unpaired) electrons. The maximum atomic E-state index is 10.1. The van der Waals surface area contributed by atoms with Crippen molar-refractivity contribution in [2.45, 2.75) is 24.0 Å². The first-order chi connectivity index (χ1) is 9.75. The molecule has 1 aromatic heterocycles. The first-order valence-corrected chi connectivity index (χ1v) is 7.73. The maximum absolute atomic E-state index is 10.1. The van der Waals surface area contributed by atoms with Crippen molar-refractivity contribution in [1.29, 1.82) is 0 Å². The number of nitrogens with one attached hydrogen (secondary N) is 1. The van der Waals surface area contributed by atoms with Crippen molar-refractivity contribution in [3.8, 4) is 0 Å². The number of benzene rings is 1. The van der Waals surface area contributed by atoms with Gasteiger partial charge in [-0.05, 0) is 24.6 Å². The van der Waals surface area contributed by atoms with E-state index < -0.39 is 6.10 Å². The Labute approximate surface area is 124 Å². The summed E-state index contributed by atoms with van der Waals surface area (Å²) < 4.78 is 0. The van der Waals surface area contributed by atoms with Crippen molar-refractivity contribution in [3.63, 3.8) is 0 Å². The van der Waals surface area contributed by atoms with E-state index in [1.165, 1.54) is 4.90 Å². The van der Waals surface area contributed by atoms with Crippen molar-refractivity contribution in [1.82, 2.24) is 10.3 Å². The Balaban J connectivity index is 1.71. The average Bonchev–Trinajstić information content (AvgIpc) is 2.52. The molecular formula is C16H20N2OS. The first-order valence-electron chi connectivity index (χ1n) is 6.75. The highest BCUT2D eigenvalue weighted by atomic mass is 32.2. The maximum Gasteiger partial charge on any atom is 0.0914 e. The third-order valence-corrected chi connectivity index (χ3v) is 4.27. The van der Waals surface area contributed by atoms with Crippen LogP contribution in [-0.2, 0) is 0 Å².